The number of rotatable bonds is 13. The summed E-state index contributed by atoms with van der Waals surface area (Å²) < 4.78 is 2.50. The summed E-state index contributed by atoms with van der Waals surface area (Å²) in [6.07, 6.45) is 11.5. The van der Waals surface area contributed by atoms with Crippen LogP contribution in [0.4, 0.5) is 0 Å². The molecular formula is C43H49ClN2O3. The number of hydrogen-bond donors (Lipinski definition) is 0. The lowest BCUT2D eigenvalue weighted by molar-refractivity contribution is -0.140. The predicted molar refractivity (Wildman–Crippen MR) is 204 cm³/mol. The molecule has 6 rings (SSSR count). The lowest BCUT2D eigenvalue weighted by Crippen LogP contribution is -2.11. The van der Waals surface area contributed by atoms with E-state index in [2.05, 4.69) is 66.0 Å². The Kier molecular flexibility index (Phi) is 10.9. The molecule has 0 radical (unpaired) electrons. The van der Waals surface area contributed by atoms with Crippen molar-refractivity contribution in [3.05, 3.63) is 93.5 Å². The Morgan fingerprint density at radius 2 is 1.65 bits per heavy atom. The molecule has 6 heteroatoms. The van der Waals surface area contributed by atoms with Crippen LogP contribution in [0.3, 0.4) is 0 Å². The molecule has 0 saturated heterocycles. The van der Waals surface area contributed by atoms with E-state index in [1.54, 1.807) is 0 Å². The maximum atomic E-state index is 14.6. The first-order valence-electron chi connectivity index (χ1n) is 18.2. The van der Waals surface area contributed by atoms with Gasteiger partial charge in [-0.3, -0.25) is 4.79 Å². The number of nitrogens with zero attached hydrogens (tertiary/aromatic N) is 2. The Balaban J connectivity index is 1.59. The highest BCUT2D eigenvalue weighted by Crippen LogP contribution is 2.39. The second-order valence-corrected chi connectivity index (χ2v) is 14.6. The first-order chi connectivity index (χ1) is 23.7. The molecule has 1 unspecified atom stereocenters. The molecule has 1 saturated carbocycles. The number of carbonyl (C=O) groups excluding carboxylic acids is 2. The Hall–Kier alpha value is -3.96. The lowest BCUT2D eigenvalue weighted by Gasteiger charge is -2.19. The van der Waals surface area contributed by atoms with Crippen molar-refractivity contribution in [2.24, 2.45) is 17.0 Å². The third-order valence-corrected chi connectivity index (χ3v) is 10.9. The highest BCUT2D eigenvalue weighted by atomic mass is 35.5. The van der Waals surface area contributed by atoms with Crippen molar-refractivity contribution in [3.8, 4) is 0 Å². The van der Waals surface area contributed by atoms with Crippen molar-refractivity contribution in [3.63, 3.8) is 0 Å². The Morgan fingerprint density at radius 1 is 0.939 bits per heavy atom. The van der Waals surface area contributed by atoms with Crippen LogP contribution >= 0.6 is 11.6 Å². The van der Waals surface area contributed by atoms with Gasteiger partial charge in [0.2, 0.25) is 0 Å². The van der Waals surface area contributed by atoms with Crippen LogP contribution in [0.2, 0.25) is 5.02 Å². The molecule has 0 aliphatic heterocycles. The molecule has 1 aliphatic rings. The van der Waals surface area contributed by atoms with Crippen LogP contribution in [0.15, 0.2) is 65.8 Å². The van der Waals surface area contributed by atoms with Gasteiger partial charge < -0.3 is 9.40 Å². The first kappa shape index (κ1) is 34.9. The van der Waals surface area contributed by atoms with E-state index in [0.717, 1.165) is 80.8 Å². The fraction of sp³-hybridized carbons (Fsp3) is 0.419. The second kappa shape index (κ2) is 15.3. The van der Waals surface area contributed by atoms with Gasteiger partial charge in [-0.25, -0.2) is 4.79 Å². The number of halogens is 1. The molecule has 5 nitrogen and oxygen atoms in total. The molecule has 1 atom stereocenters. The number of ketones is 1. The van der Waals surface area contributed by atoms with Gasteiger partial charge in [0.25, 0.3) is 0 Å². The van der Waals surface area contributed by atoms with Crippen molar-refractivity contribution in [2.75, 3.05) is 0 Å². The molecule has 256 valence electrons. The summed E-state index contributed by atoms with van der Waals surface area (Å²) in [5.74, 6) is 0.799. The minimum Gasteiger partial charge on any atom is -0.340 e. The summed E-state index contributed by atoms with van der Waals surface area (Å²) in [5.41, 5.74) is 7.19. The fourth-order valence-corrected chi connectivity index (χ4v) is 8.43. The highest BCUT2D eigenvalue weighted by Gasteiger charge is 2.24. The predicted octanol–water partition coefficient (Wildman–Crippen LogP) is 11.9. The number of aryl methyl sites for hydroxylation is 2. The monoisotopic (exact) mass is 676 g/mol. The van der Waals surface area contributed by atoms with E-state index >= 15 is 0 Å². The van der Waals surface area contributed by atoms with Gasteiger partial charge in [0.1, 0.15) is 0 Å². The van der Waals surface area contributed by atoms with Crippen LogP contribution in [0.25, 0.3) is 32.6 Å². The van der Waals surface area contributed by atoms with Crippen molar-refractivity contribution in [1.29, 1.82) is 0 Å². The Labute approximate surface area is 295 Å². The van der Waals surface area contributed by atoms with Crippen molar-refractivity contribution >= 4 is 61.6 Å². The quantitative estimate of drug-likeness (QED) is 0.0539. The maximum absolute atomic E-state index is 14.6. The van der Waals surface area contributed by atoms with E-state index in [1.165, 1.54) is 51.9 Å². The molecule has 1 heterocycles. The second-order valence-electron chi connectivity index (χ2n) is 14.2. The third-order valence-electron chi connectivity index (χ3n) is 10.7. The molecule has 1 fully saturated rings. The average Bonchev–Trinajstić information content (AvgIpc) is 3.71. The molecule has 4 aromatic carbocycles. The standard InChI is InChI=1S/C43H49ClN2O3/c1-6-8-13-30(7-2)26-46-40-21-19-32(39(45-49-29(5)47)20-18-31-14-9-10-15-31)24-36(40)37-25-38(34-16-11-12-17-35(34)42(37)46)43(48)41-27(3)22-33(44)23-28(41)4/h11-12,16-17,19,21-25,30-31H,6-10,13-15,18,20,26H2,1-5H3/b45-39-. The normalized spacial score (nSPS) is 14.7. The summed E-state index contributed by atoms with van der Waals surface area (Å²) in [7, 11) is 0. The zero-order valence-corrected chi connectivity index (χ0v) is 30.5. The van der Waals surface area contributed by atoms with Gasteiger partial charge >= 0.3 is 5.97 Å². The summed E-state index contributed by atoms with van der Waals surface area (Å²) in [6.45, 7) is 10.8. The van der Waals surface area contributed by atoms with E-state index in [0.29, 0.717) is 28.0 Å². The van der Waals surface area contributed by atoms with Crippen LogP contribution in [-0.2, 0) is 16.2 Å². The minimum absolute atomic E-state index is 0.00451. The number of unbranched alkanes of at least 4 members (excludes halogenated alkanes) is 1. The maximum Gasteiger partial charge on any atom is 0.331 e. The van der Waals surface area contributed by atoms with Crippen molar-refractivity contribution in [1.82, 2.24) is 4.57 Å². The number of hydrogen-bond acceptors (Lipinski definition) is 4. The molecule has 0 amide bonds. The van der Waals surface area contributed by atoms with E-state index in [-0.39, 0.29) is 5.78 Å². The molecule has 0 N–H and O–H groups in total. The van der Waals surface area contributed by atoms with Gasteiger partial charge in [-0.15, -0.1) is 0 Å². The SMILES string of the molecule is CCCCC(CC)Cn1c2ccc(/C(CCC3CCCC3)=N\OC(C)=O)cc2c2cc(C(=O)c3c(C)cc(Cl)cc3C)c3ccccc3c21. The molecule has 0 spiro atoms. The van der Waals surface area contributed by atoms with Crippen LogP contribution < -0.4 is 0 Å². The van der Waals surface area contributed by atoms with E-state index in [4.69, 9.17) is 16.4 Å². The number of aromatic nitrogens is 1. The van der Waals surface area contributed by atoms with Gasteiger partial charge in [0, 0.05) is 56.9 Å². The number of fused-ring (bicyclic) bond motifs is 5. The largest absolute Gasteiger partial charge is 0.340 e. The van der Waals surface area contributed by atoms with Crippen LogP contribution in [0.5, 0.6) is 0 Å². The van der Waals surface area contributed by atoms with E-state index in [1.807, 2.05) is 32.0 Å². The molecule has 0 bridgehead atoms. The molecule has 1 aliphatic carbocycles. The highest BCUT2D eigenvalue weighted by molar-refractivity contribution is 6.31. The van der Waals surface area contributed by atoms with Crippen LogP contribution in [-0.4, -0.2) is 22.0 Å². The van der Waals surface area contributed by atoms with Crippen LogP contribution in [0.1, 0.15) is 118 Å². The summed E-state index contributed by atoms with van der Waals surface area (Å²) in [5, 5.41) is 9.20. The number of benzene rings is 4. The van der Waals surface area contributed by atoms with Gasteiger partial charge in [-0.1, -0.05) is 106 Å². The fourth-order valence-electron chi connectivity index (χ4n) is 8.10. The van der Waals surface area contributed by atoms with E-state index in [9.17, 15) is 9.59 Å². The zero-order chi connectivity index (χ0) is 34.7. The summed E-state index contributed by atoms with van der Waals surface area (Å²) >= 11 is 6.39. The van der Waals surface area contributed by atoms with Gasteiger partial charge in [0.15, 0.2) is 5.78 Å². The molecule has 5 aromatic rings. The molecular weight excluding hydrogens is 628 g/mol. The minimum atomic E-state index is -0.420. The van der Waals surface area contributed by atoms with Gasteiger partial charge in [-0.2, -0.15) is 0 Å². The smallest absolute Gasteiger partial charge is 0.331 e. The van der Waals surface area contributed by atoms with Crippen molar-refractivity contribution < 1.29 is 14.4 Å². The zero-order valence-electron chi connectivity index (χ0n) is 29.7. The Morgan fingerprint density at radius 3 is 2.33 bits per heavy atom. The summed E-state index contributed by atoms with van der Waals surface area (Å²) in [6, 6.07) is 20.8. The van der Waals surface area contributed by atoms with Gasteiger partial charge in [-0.05, 0) is 91.8 Å². The third kappa shape index (κ3) is 7.33. The van der Waals surface area contributed by atoms with Gasteiger partial charge in [0.05, 0.1) is 11.2 Å². The number of carbonyl (C=O) groups is 2. The topological polar surface area (TPSA) is 60.7 Å². The lowest BCUT2D eigenvalue weighted by atomic mass is 9.90. The van der Waals surface area contributed by atoms with Crippen LogP contribution in [0, 0.1) is 25.7 Å². The van der Waals surface area contributed by atoms with Crippen molar-refractivity contribution in [2.45, 2.75) is 105 Å². The molecule has 49 heavy (non-hydrogen) atoms. The Bertz CT molecular complexity index is 2030. The average molecular weight is 677 g/mol. The number of oxime groups is 1. The first-order valence-corrected chi connectivity index (χ1v) is 18.6. The summed E-state index contributed by atoms with van der Waals surface area (Å²) in [4.78, 5) is 31.7. The molecule has 1 aromatic heterocycles. The van der Waals surface area contributed by atoms with E-state index < -0.39 is 5.97 Å².